The molecule has 0 N–H and O–H groups in total. The second-order valence-electron chi connectivity index (χ2n) is 3.08. The first-order valence-electron chi connectivity index (χ1n) is 4.60. The molecular formula is C12H11NO2. The summed E-state index contributed by atoms with van der Waals surface area (Å²) in [5.41, 5.74) is 3.10. The van der Waals surface area contributed by atoms with E-state index in [1.165, 1.54) is 0 Å². The number of nitrogens with zero attached hydrogens (tertiary/aromatic N) is 1. The lowest BCUT2D eigenvalue weighted by molar-refractivity contribution is 0.133. The van der Waals surface area contributed by atoms with Crippen LogP contribution in [0.3, 0.4) is 0 Å². The maximum absolute atomic E-state index is 5.16. The lowest BCUT2D eigenvalue weighted by Crippen LogP contribution is -1.86. The third-order valence-corrected chi connectivity index (χ3v) is 2.14. The highest BCUT2D eigenvalue weighted by Gasteiger charge is 2.07. The Kier molecular flexibility index (Phi) is 2.83. The Balaban J connectivity index is 2.29. The van der Waals surface area contributed by atoms with Crippen LogP contribution in [0.15, 0.2) is 52.4 Å². The van der Waals surface area contributed by atoms with Crippen molar-refractivity contribution in [2.24, 2.45) is 5.16 Å². The zero-order chi connectivity index (χ0) is 10.5. The fraction of sp³-hybridized carbons (Fsp3) is 0.0833. The molecule has 2 aromatic rings. The molecule has 0 aliphatic heterocycles. The Morgan fingerprint density at radius 1 is 1.20 bits per heavy atom. The minimum atomic E-state index is 0.379. The van der Waals surface area contributed by atoms with Gasteiger partial charge >= 0.3 is 0 Å². The summed E-state index contributed by atoms with van der Waals surface area (Å²) in [5, 5.41) is 3.35. The molecule has 0 amide bonds. The van der Waals surface area contributed by atoms with E-state index in [4.69, 9.17) is 9.25 Å². The van der Waals surface area contributed by atoms with E-state index in [9.17, 15) is 0 Å². The van der Waals surface area contributed by atoms with E-state index < -0.39 is 0 Å². The van der Waals surface area contributed by atoms with Crippen LogP contribution < -0.4 is 0 Å². The van der Waals surface area contributed by atoms with Crippen molar-refractivity contribution < 1.29 is 9.25 Å². The highest BCUT2D eigenvalue weighted by molar-refractivity contribution is 5.65. The lowest BCUT2D eigenvalue weighted by Gasteiger charge is -2.01. The molecule has 0 saturated carbocycles. The van der Waals surface area contributed by atoms with Gasteiger partial charge in [-0.25, -0.2) is 0 Å². The second-order valence-corrected chi connectivity index (χ2v) is 3.08. The minimum absolute atomic E-state index is 0.379. The van der Waals surface area contributed by atoms with E-state index in [-0.39, 0.29) is 0 Å². The van der Waals surface area contributed by atoms with Crippen molar-refractivity contribution in [2.45, 2.75) is 6.61 Å². The summed E-state index contributed by atoms with van der Waals surface area (Å²) in [7, 11) is 0. The third-order valence-electron chi connectivity index (χ3n) is 2.14. The molecule has 0 aliphatic carbocycles. The predicted molar refractivity (Wildman–Crippen MR) is 58.5 cm³/mol. The molecule has 15 heavy (non-hydrogen) atoms. The first-order chi connectivity index (χ1) is 7.42. The van der Waals surface area contributed by atoms with Gasteiger partial charge in [0.2, 0.25) is 0 Å². The van der Waals surface area contributed by atoms with Gasteiger partial charge in [-0.2, -0.15) is 0 Å². The molecule has 76 valence electrons. The highest BCUT2D eigenvalue weighted by Crippen LogP contribution is 2.25. The van der Waals surface area contributed by atoms with Crippen LogP contribution in [0.5, 0.6) is 0 Å². The molecule has 1 heterocycles. The van der Waals surface area contributed by atoms with Gasteiger partial charge in [-0.05, 0) is 5.56 Å². The normalized spacial score (nSPS) is 9.87. The number of oxime groups is 1. The van der Waals surface area contributed by atoms with Crippen molar-refractivity contribution in [1.82, 2.24) is 0 Å². The monoisotopic (exact) mass is 201 g/mol. The Labute approximate surface area is 88.0 Å². The van der Waals surface area contributed by atoms with Crippen molar-refractivity contribution in [2.75, 3.05) is 0 Å². The summed E-state index contributed by atoms with van der Waals surface area (Å²) in [5.74, 6) is 0. The lowest BCUT2D eigenvalue weighted by atomic mass is 10.1. The van der Waals surface area contributed by atoms with E-state index in [0.29, 0.717) is 6.61 Å². The highest BCUT2D eigenvalue weighted by atomic mass is 16.6. The summed E-state index contributed by atoms with van der Waals surface area (Å²) >= 11 is 0. The summed E-state index contributed by atoms with van der Waals surface area (Å²) in [4.78, 5) is 4.89. The molecule has 3 heteroatoms. The van der Waals surface area contributed by atoms with Gasteiger partial charge in [0.25, 0.3) is 0 Å². The number of benzene rings is 1. The Morgan fingerprint density at radius 2 is 2.00 bits per heavy atom. The quantitative estimate of drug-likeness (QED) is 0.562. The van der Waals surface area contributed by atoms with E-state index in [1.54, 1.807) is 12.5 Å². The van der Waals surface area contributed by atoms with E-state index in [0.717, 1.165) is 16.7 Å². The summed E-state index contributed by atoms with van der Waals surface area (Å²) < 4.78 is 5.16. The molecule has 0 atom stereocenters. The van der Waals surface area contributed by atoms with Gasteiger partial charge in [-0.3, -0.25) is 0 Å². The topological polar surface area (TPSA) is 34.7 Å². The molecule has 0 bridgehead atoms. The Bertz CT molecular complexity index is 434. The summed E-state index contributed by atoms with van der Waals surface area (Å²) in [6, 6.07) is 9.99. The fourth-order valence-electron chi connectivity index (χ4n) is 1.42. The maximum atomic E-state index is 5.16. The van der Waals surface area contributed by atoms with E-state index >= 15 is 0 Å². The van der Waals surface area contributed by atoms with Crippen LogP contribution in [0.4, 0.5) is 0 Å². The number of rotatable bonds is 4. The molecular weight excluding hydrogens is 190 g/mol. The molecule has 0 spiro atoms. The van der Waals surface area contributed by atoms with Crippen molar-refractivity contribution in [1.29, 1.82) is 0 Å². The summed E-state index contributed by atoms with van der Waals surface area (Å²) in [6.07, 6.45) is 3.37. The first kappa shape index (κ1) is 9.52. The van der Waals surface area contributed by atoms with Gasteiger partial charge in [0.1, 0.15) is 6.61 Å². The van der Waals surface area contributed by atoms with Gasteiger partial charge < -0.3 is 9.25 Å². The molecule has 0 unspecified atom stereocenters. The zero-order valence-corrected chi connectivity index (χ0v) is 8.22. The number of hydrogen-bond donors (Lipinski definition) is 0. The smallest absolute Gasteiger partial charge is 0.145 e. The number of hydrogen-bond acceptors (Lipinski definition) is 3. The second kappa shape index (κ2) is 4.46. The van der Waals surface area contributed by atoms with Gasteiger partial charge in [0, 0.05) is 17.8 Å². The maximum Gasteiger partial charge on any atom is 0.145 e. The molecule has 1 aromatic carbocycles. The Hall–Kier alpha value is -2.03. The molecule has 0 aliphatic rings. The van der Waals surface area contributed by atoms with Crippen molar-refractivity contribution in [3.05, 3.63) is 48.4 Å². The fourth-order valence-corrected chi connectivity index (χ4v) is 1.42. The van der Waals surface area contributed by atoms with Crippen molar-refractivity contribution in [3.8, 4) is 11.1 Å². The molecule has 0 radical (unpaired) electrons. The van der Waals surface area contributed by atoms with Crippen LogP contribution in [-0.4, -0.2) is 6.72 Å². The Morgan fingerprint density at radius 3 is 2.73 bits per heavy atom. The minimum Gasteiger partial charge on any atom is -0.472 e. The predicted octanol–water partition coefficient (Wildman–Crippen LogP) is 3.08. The summed E-state index contributed by atoms with van der Waals surface area (Å²) in [6.45, 7) is 3.64. The molecule has 1 aromatic heterocycles. The number of furan rings is 1. The molecule has 0 saturated heterocycles. The van der Waals surface area contributed by atoms with Gasteiger partial charge in [-0.1, -0.05) is 30.3 Å². The average Bonchev–Trinajstić information content (AvgIpc) is 2.75. The van der Waals surface area contributed by atoms with Crippen molar-refractivity contribution >= 4 is 6.72 Å². The van der Waals surface area contributed by atoms with Gasteiger partial charge in [-0.15, -0.1) is 5.16 Å². The molecule has 0 fully saturated rings. The molecule has 2 rings (SSSR count). The van der Waals surface area contributed by atoms with Crippen LogP contribution in [0, 0.1) is 0 Å². The largest absolute Gasteiger partial charge is 0.472 e. The van der Waals surface area contributed by atoms with Crippen LogP contribution in [0.25, 0.3) is 11.1 Å². The SMILES string of the molecule is C=NOCc1cocc1-c1ccccc1. The van der Waals surface area contributed by atoms with Gasteiger partial charge in [0.05, 0.1) is 12.5 Å². The third kappa shape index (κ3) is 2.07. The first-order valence-corrected chi connectivity index (χ1v) is 4.60. The van der Waals surface area contributed by atoms with Gasteiger partial charge in [0.15, 0.2) is 0 Å². The van der Waals surface area contributed by atoms with Crippen LogP contribution in [0.1, 0.15) is 5.56 Å². The standard InChI is InChI=1S/C12H11NO2/c1-13-15-8-11-7-14-9-12(11)10-5-3-2-4-6-10/h2-7,9H,1,8H2. The zero-order valence-electron chi connectivity index (χ0n) is 8.22. The van der Waals surface area contributed by atoms with E-state index in [2.05, 4.69) is 11.9 Å². The van der Waals surface area contributed by atoms with Crippen LogP contribution >= 0.6 is 0 Å². The van der Waals surface area contributed by atoms with Crippen LogP contribution in [-0.2, 0) is 11.4 Å². The van der Waals surface area contributed by atoms with Crippen molar-refractivity contribution in [3.63, 3.8) is 0 Å². The van der Waals surface area contributed by atoms with E-state index in [1.807, 2.05) is 30.3 Å². The van der Waals surface area contributed by atoms with Crippen LogP contribution in [0.2, 0.25) is 0 Å². The molecule has 3 nitrogen and oxygen atoms in total. The average molecular weight is 201 g/mol.